The van der Waals surface area contributed by atoms with Crippen LogP contribution in [0.25, 0.3) is 0 Å². The average molecular weight is 849 g/mol. The fourth-order valence-electron chi connectivity index (χ4n) is 6.52. The first-order valence-corrected chi connectivity index (χ1v) is 18.8. The summed E-state index contributed by atoms with van der Waals surface area (Å²) in [6.45, 7) is -0.792. The first kappa shape index (κ1) is 43.8. The summed E-state index contributed by atoms with van der Waals surface area (Å²) in [5, 5.41) is 0. The summed E-state index contributed by atoms with van der Waals surface area (Å²) in [5.74, 6) is -4.57. The van der Waals surface area contributed by atoms with Gasteiger partial charge < -0.3 is 47.4 Å². The first-order chi connectivity index (χ1) is 30.1. The molecule has 5 atom stereocenters. The maximum atomic E-state index is 14.1. The highest BCUT2D eigenvalue weighted by Gasteiger charge is 2.56. The molecule has 0 amide bonds. The molecule has 5 aromatic rings. The molecular formula is C46H40O16. The van der Waals surface area contributed by atoms with Gasteiger partial charge in [0.05, 0.1) is 34.0 Å². The third kappa shape index (κ3) is 9.83. The van der Waals surface area contributed by atoms with Gasteiger partial charge in [0.25, 0.3) is 0 Å². The number of carbonyl (C=O) groups is 6. The summed E-state index contributed by atoms with van der Waals surface area (Å²) >= 11 is 0. The van der Waals surface area contributed by atoms with Gasteiger partial charge in [0.15, 0.2) is 18.5 Å². The van der Waals surface area contributed by atoms with E-state index in [1.54, 1.807) is 48.5 Å². The van der Waals surface area contributed by atoms with E-state index in [0.29, 0.717) is 6.29 Å². The zero-order chi connectivity index (χ0) is 44.2. The van der Waals surface area contributed by atoms with Crippen LogP contribution in [0.15, 0.2) is 121 Å². The Kier molecular flexibility index (Phi) is 14.5. The summed E-state index contributed by atoms with van der Waals surface area (Å²) in [7, 11) is 5.37. The molecule has 62 heavy (non-hydrogen) atoms. The Morgan fingerprint density at radius 1 is 0.500 bits per heavy atom. The predicted octanol–water partition coefficient (Wildman–Crippen LogP) is 5.95. The normalized spacial score (nSPS) is 17.0. The fourth-order valence-corrected chi connectivity index (χ4v) is 6.52. The Morgan fingerprint density at radius 3 is 1.34 bits per heavy atom. The van der Waals surface area contributed by atoms with Gasteiger partial charge in [0.2, 0.25) is 12.4 Å². The molecule has 1 aliphatic rings. The Balaban J connectivity index is 1.47. The zero-order valence-corrected chi connectivity index (χ0v) is 33.8. The summed E-state index contributed by atoms with van der Waals surface area (Å²) < 4.78 is 57.4. The van der Waals surface area contributed by atoms with Gasteiger partial charge in [-0.1, -0.05) is 66.7 Å². The van der Waals surface area contributed by atoms with Gasteiger partial charge in [-0.05, 0) is 54.6 Å². The van der Waals surface area contributed by atoms with Gasteiger partial charge in [-0.3, -0.25) is 4.79 Å². The van der Waals surface area contributed by atoms with Gasteiger partial charge in [0, 0.05) is 5.56 Å². The minimum Gasteiger partial charge on any atom is -0.496 e. The lowest BCUT2D eigenvalue weighted by Crippen LogP contribution is -2.47. The van der Waals surface area contributed by atoms with E-state index in [9.17, 15) is 28.8 Å². The maximum absolute atomic E-state index is 14.1. The van der Waals surface area contributed by atoms with Crippen molar-refractivity contribution in [2.24, 2.45) is 0 Å². The SMILES string of the molecule is COc1ccccc1C(=O)OCC(OC(=O)c1ccccc1C=O)C1OC(OC(=O)c2ccccc2OC)C(OC(=O)c2ccccc2OC)C1OC(=O)c1ccccc1OC. The lowest BCUT2D eigenvalue weighted by atomic mass is 10.0. The molecule has 0 saturated carbocycles. The van der Waals surface area contributed by atoms with Crippen LogP contribution in [0.1, 0.15) is 62.1 Å². The second kappa shape index (κ2) is 20.5. The summed E-state index contributed by atoms with van der Waals surface area (Å²) in [6, 6.07) is 30.2. The monoisotopic (exact) mass is 848 g/mol. The Labute approximate surface area is 355 Å². The third-order valence-electron chi connectivity index (χ3n) is 9.54. The number of hydrogen-bond acceptors (Lipinski definition) is 16. The van der Waals surface area contributed by atoms with Crippen LogP contribution in [-0.4, -0.2) is 102 Å². The molecule has 6 rings (SSSR count). The Hall–Kier alpha value is -7.72. The predicted molar refractivity (Wildman–Crippen MR) is 216 cm³/mol. The van der Waals surface area contributed by atoms with Crippen molar-refractivity contribution in [3.63, 3.8) is 0 Å². The van der Waals surface area contributed by atoms with Crippen LogP contribution < -0.4 is 18.9 Å². The molecule has 5 aromatic carbocycles. The smallest absolute Gasteiger partial charge is 0.344 e. The molecule has 1 heterocycles. The number of ether oxygens (including phenoxy) is 10. The van der Waals surface area contributed by atoms with Crippen molar-refractivity contribution in [1.29, 1.82) is 0 Å². The molecule has 16 heteroatoms. The topological polar surface area (TPSA) is 195 Å². The van der Waals surface area contributed by atoms with E-state index in [2.05, 4.69) is 0 Å². The van der Waals surface area contributed by atoms with Crippen LogP contribution in [0.3, 0.4) is 0 Å². The van der Waals surface area contributed by atoms with Crippen molar-refractivity contribution < 1.29 is 76.1 Å². The van der Waals surface area contributed by atoms with Crippen molar-refractivity contribution in [2.75, 3.05) is 35.0 Å². The van der Waals surface area contributed by atoms with Crippen molar-refractivity contribution >= 4 is 36.1 Å². The molecule has 0 radical (unpaired) electrons. The van der Waals surface area contributed by atoms with Crippen LogP contribution in [-0.2, 0) is 28.4 Å². The van der Waals surface area contributed by atoms with Crippen molar-refractivity contribution in [1.82, 2.24) is 0 Å². The van der Waals surface area contributed by atoms with E-state index >= 15 is 0 Å². The quantitative estimate of drug-likeness (QED) is 0.0605. The van der Waals surface area contributed by atoms with Gasteiger partial charge in [-0.2, -0.15) is 0 Å². The molecular weight excluding hydrogens is 808 g/mol. The lowest BCUT2D eigenvalue weighted by Gasteiger charge is -2.28. The van der Waals surface area contributed by atoms with E-state index in [0.717, 1.165) is 0 Å². The summed E-state index contributed by atoms with van der Waals surface area (Å²) in [5.41, 5.74) is -0.413. The summed E-state index contributed by atoms with van der Waals surface area (Å²) in [4.78, 5) is 81.6. The minimum atomic E-state index is -1.90. The molecule has 16 nitrogen and oxygen atoms in total. The standard InChI is InChI=1S/C46H40O16/c1-53-33-21-11-7-17-29(33)41(48)57-26-37(58-42(49)28-16-6-5-15-27(28)25-47)38-39(59-43(50)30-18-8-12-22-34(30)54-2)40(60-44(51)31-19-9-13-23-35(31)55-3)46(61-38)62-45(52)32-20-10-14-24-36(32)56-4/h5-25,37-40,46H,26H2,1-4H3. The molecule has 5 unspecified atom stereocenters. The highest BCUT2D eigenvalue weighted by molar-refractivity contribution is 5.98. The lowest BCUT2D eigenvalue weighted by molar-refractivity contribution is -0.156. The van der Waals surface area contributed by atoms with Gasteiger partial charge in [-0.15, -0.1) is 0 Å². The van der Waals surface area contributed by atoms with Gasteiger partial charge >= 0.3 is 29.8 Å². The number of methoxy groups -OCH3 is 4. The van der Waals surface area contributed by atoms with Gasteiger partial charge in [-0.25, -0.2) is 24.0 Å². The molecule has 0 aromatic heterocycles. The second-order valence-corrected chi connectivity index (χ2v) is 13.2. The number of carbonyl (C=O) groups excluding carboxylic acids is 6. The van der Waals surface area contributed by atoms with E-state index in [1.807, 2.05) is 0 Å². The number of aldehydes is 1. The third-order valence-corrected chi connectivity index (χ3v) is 9.54. The van der Waals surface area contributed by atoms with Crippen molar-refractivity contribution in [3.8, 4) is 23.0 Å². The van der Waals surface area contributed by atoms with E-state index < -0.39 is 67.2 Å². The van der Waals surface area contributed by atoms with Gasteiger partial charge in [0.1, 0.15) is 58.0 Å². The molecule has 0 aliphatic carbocycles. The fraction of sp³-hybridized carbons (Fsp3) is 0.217. The Bertz CT molecular complexity index is 2430. The zero-order valence-electron chi connectivity index (χ0n) is 33.8. The Morgan fingerprint density at radius 2 is 0.887 bits per heavy atom. The maximum Gasteiger partial charge on any atom is 0.344 e. The van der Waals surface area contributed by atoms with Crippen LogP contribution in [0.2, 0.25) is 0 Å². The van der Waals surface area contributed by atoms with Crippen LogP contribution in [0.4, 0.5) is 0 Å². The highest BCUT2D eigenvalue weighted by Crippen LogP contribution is 2.35. The number of esters is 5. The number of rotatable bonds is 17. The van der Waals surface area contributed by atoms with Crippen LogP contribution in [0.5, 0.6) is 23.0 Å². The van der Waals surface area contributed by atoms with E-state index in [1.165, 1.54) is 101 Å². The van der Waals surface area contributed by atoms with E-state index in [-0.39, 0.29) is 56.4 Å². The molecule has 0 N–H and O–H groups in total. The molecule has 1 fully saturated rings. The molecule has 0 spiro atoms. The van der Waals surface area contributed by atoms with Crippen LogP contribution in [0, 0.1) is 0 Å². The highest BCUT2D eigenvalue weighted by atomic mass is 16.8. The summed E-state index contributed by atoms with van der Waals surface area (Å²) in [6.07, 6.45) is -8.55. The molecule has 320 valence electrons. The number of hydrogen-bond donors (Lipinski definition) is 0. The molecule has 1 saturated heterocycles. The minimum absolute atomic E-state index is 0.00472. The average Bonchev–Trinajstić information content (AvgIpc) is 3.64. The van der Waals surface area contributed by atoms with Crippen LogP contribution >= 0.6 is 0 Å². The molecule has 1 aliphatic heterocycles. The number of para-hydroxylation sites is 4. The van der Waals surface area contributed by atoms with Crippen molar-refractivity contribution in [3.05, 3.63) is 155 Å². The van der Waals surface area contributed by atoms with Crippen molar-refractivity contribution in [2.45, 2.75) is 30.7 Å². The second-order valence-electron chi connectivity index (χ2n) is 13.2. The molecule has 0 bridgehead atoms. The first-order valence-electron chi connectivity index (χ1n) is 18.8. The van der Waals surface area contributed by atoms with E-state index in [4.69, 9.17) is 47.4 Å². The largest absolute Gasteiger partial charge is 0.496 e. The number of benzene rings is 5.